The number of aryl methyl sites for hydroxylation is 2. The van der Waals surface area contributed by atoms with Gasteiger partial charge in [0.2, 0.25) is 0 Å². The van der Waals surface area contributed by atoms with Gasteiger partial charge in [0.05, 0.1) is 11.5 Å². The van der Waals surface area contributed by atoms with Gasteiger partial charge in [-0.3, -0.25) is 0 Å². The van der Waals surface area contributed by atoms with Crippen LogP contribution in [0, 0.1) is 0 Å². The molecule has 1 saturated heterocycles. The summed E-state index contributed by atoms with van der Waals surface area (Å²) in [5.41, 5.74) is 4.42. The number of hydrogen-bond acceptors (Lipinski definition) is 3. The van der Waals surface area contributed by atoms with Gasteiger partial charge in [-0.25, -0.2) is 13.2 Å². The average molecular weight is 385 g/mol. The van der Waals surface area contributed by atoms with Crippen LogP contribution in [0.4, 0.5) is 10.5 Å². The van der Waals surface area contributed by atoms with E-state index in [2.05, 4.69) is 11.4 Å². The highest BCUT2D eigenvalue weighted by Crippen LogP contribution is 2.26. The summed E-state index contributed by atoms with van der Waals surface area (Å²) in [5, 5.41) is 2.99. The molecule has 2 aliphatic rings. The summed E-state index contributed by atoms with van der Waals surface area (Å²) in [6.45, 7) is 0.401. The third-order valence-corrected chi connectivity index (χ3v) is 7.21. The van der Waals surface area contributed by atoms with Crippen molar-refractivity contribution >= 4 is 21.6 Å². The lowest BCUT2D eigenvalue weighted by Gasteiger charge is -2.28. The Morgan fingerprint density at radius 2 is 1.85 bits per heavy atom. The Morgan fingerprint density at radius 3 is 2.59 bits per heavy atom. The van der Waals surface area contributed by atoms with Crippen molar-refractivity contribution in [2.75, 3.05) is 16.8 Å². The second kappa shape index (κ2) is 7.35. The van der Waals surface area contributed by atoms with Gasteiger partial charge in [-0.2, -0.15) is 0 Å². The Morgan fingerprint density at radius 1 is 1.07 bits per heavy atom. The molecule has 27 heavy (non-hydrogen) atoms. The lowest BCUT2D eigenvalue weighted by molar-refractivity contribution is 0.190. The van der Waals surface area contributed by atoms with Crippen LogP contribution in [-0.4, -0.2) is 36.9 Å². The number of amides is 2. The predicted octanol–water partition coefficient (Wildman–Crippen LogP) is 3.40. The van der Waals surface area contributed by atoms with E-state index in [1.54, 1.807) is 4.90 Å². The second-order valence-electron chi connectivity index (χ2n) is 7.44. The molecule has 5 nitrogen and oxygen atoms in total. The molecule has 2 aromatic rings. The van der Waals surface area contributed by atoms with Crippen LogP contribution >= 0.6 is 0 Å². The van der Waals surface area contributed by atoms with Crippen LogP contribution in [-0.2, 0) is 29.2 Å². The van der Waals surface area contributed by atoms with Gasteiger partial charge < -0.3 is 10.2 Å². The Kier molecular flexibility index (Phi) is 4.91. The Labute approximate surface area is 160 Å². The third-order valence-electron chi connectivity index (χ3n) is 5.46. The first-order valence-corrected chi connectivity index (χ1v) is 11.3. The van der Waals surface area contributed by atoms with E-state index in [-0.39, 0.29) is 23.6 Å². The zero-order valence-electron chi connectivity index (χ0n) is 15.2. The van der Waals surface area contributed by atoms with Crippen molar-refractivity contribution in [3.05, 3.63) is 65.2 Å². The molecule has 0 spiro atoms. The normalized spacial score (nSPS) is 20.2. The molecule has 1 heterocycles. The number of urea groups is 1. The molecule has 1 N–H and O–H groups in total. The fourth-order valence-electron chi connectivity index (χ4n) is 4.01. The summed E-state index contributed by atoms with van der Waals surface area (Å²) in [7, 11) is -3.07. The topological polar surface area (TPSA) is 66.5 Å². The van der Waals surface area contributed by atoms with E-state index in [1.807, 2.05) is 42.5 Å². The van der Waals surface area contributed by atoms with E-state index >= 15 is 0 Å². The average Bonchev–Trinajstić information content (AvgIpc) is 3.26. The summed E-state index contributed by atoms with van der Waals surface area (Å²) in [5.74, 6) is 0.187. The molecule has 1 atom stereocenters. The van der Waals surface area contributed by atoms with Crippen LogP contribution < -0.4 is 5.32 Å². The second-order valence-corrected chi connectivity index (χ2v) is 9.67. The molecule has 6 heteroatoms. The van der Waals surface area contributed by atoms with Crippen LogP contribution in [0.3, 0.4) is 0 Å². The van der Waals surface area contributed by atoms with Crippen molar-refractivity contribution in [2.24, 2.45) is 0 Å². The molecule has 0 bridgehead atoms. The van der Waals surface area contributed by atoms with E-state index in [1.165, 1.54) is 11.1 Å². The van der Waals surface area contributed by atoms with Crippen LogP contribution in [0.1, 0.15) is 29.5 Å². The highest BCUT2D eigenvalue weighted by atomic mass is 32.2. The van der Waals surface area contributed by atoms with Gasteiger partial charge in [-0.05, 0) is 54.5 Å². The molecule has 0 aromatic heterocycles. The van der Waals surface area contributed by atoms with Crippen molar-refractivity contribution in [2.45, 2.75) is 38.3 Å². The molecule has 0 radical (unpaired) electrons. The Bertz CT molecular complexity index is 941. The van der Waals surface area contributed by atoms with Gasteiger partial charge in [0.15, 0.2) is 9.84 Å². The highest BCUT2D eigenvalue weighted by Gasteiger charge is 2.34. The number of benzene rings is 2. The monoisotopic (exact) mass is 384 g/mol. The number of anilines is 1. The van der Waals surface area contributed by atoms with E-state index in [0.29, 0.717) is 13.0 Å². The summed E-state index contributed by atoms with van der Waals surface area (Å²) in [6.07, 6.45) is 3.80. The van der Waals surface area contributed by atoms with Crippen molar-refractivity contribution in [3.63, 3.8) is 0 Å². The molecule has 2 amide bonds. The minimum atomic E-state index is -3.07. The number of nitrogens with zero attached hydrogens (tertiary/aromatic N) is 1. The molecular weight excluding hydrogens is 360 g/mol. The summed E-state index contributed by atoms with van der Waals surface area (Å²) >= 11 is 0. The molecule has 1 fully saturated rings. The first kappa shape index (κ1) is 18.0. The van der Waals surface area contributed by atoms with Crippen LogP contribution in [0.25, 0.3) is 0 Å². The van der Waals surface area contributed by atoms with Gasteiger partial charge in [0.1, 0.15) is 0 Å². The van der Waals surface area contributed by atoms with Crippen LogP contribution in [0.2, 0.25) is 0 Å². The molecule has 1 aliphatic carbocycles. The molecule has 1 aliphatic heterocycles. The first-order valence-electron chi connectivity index (χ1n) is 9.44. The number of hydrogen-bond donors (Lipinski definition) is 1. The summed E-state index contributed by atoms with van der Waals surface area (Å²) < 4.78 is 23.9. The number of carbonyl (C=O) groups is 1. The van der Waals surface area contributed by atoms with E-state index in [4.69, 9.17) is 0 Å². The van der Waals surface area contributed by atoms with Crippen molar-refractivity contribution < 1.29 is 13.2 Å². The smallest absolute Gasteiger partial charge is 0.316 e. The van der Waals surface area contributed by atoms with Gasteiger partial charge in [-0.1, -0.05) is 36.4 Å². The maximum Gasteiger partial charge on any atom is 0.322 e. The molecule has 1 unspecified atom stereocenters. The third kappa shape index (κ3) is 4.16. The number of rotatable bonds is 4. The van der Waals surface area contributed by atoms with Gasteiger partial charge in [0, 0.05) is 18.3 Å². The Balaban J connectivity index is 1.54. The van der Waals surface area contributed by atoms with Crippen molar-refractivity contribution in [3.8, 4) is 0 Å². The fraction of sp³-hybridized carbons (Fsp3) is 0.381. The Hall–Kier alpha value is -2.34. The molecule has 142 valence electrons. The zero-order chi connectivity index (χ0) is 18.9. The van der Waals surface area contributed by atoms with Crippen LogP contribution in [0.15, 0.2) is 48.5 Å². The maximum atomic E-state index is 13.0. The van der Waals surface area contributed by atoms with Crippen molar-refractivity contribution in [1.82, 2.24) is 4.90 Å². The largest absolute Gasteiger partial charge is 0.322 e. The molecule has 2 aromatic carbocycles. The maximum absolute atomic E-state index is 13.0. The van der Waals surface area contributed by atoms with Crippen molar-refractivity contribution in [1.29, 1.82) is 0 Å². The molecule has 4 rings (SSSR count). The summed E-state index contributed by atoms with van der Waals surface area (Å²) in [6, 6.07) is 15.2. The molecular formula is C21H24N2O3S. The first-order chi connectivity index (χ1) is 13.0. The zero-order valence-corrected chi connectivity index (χ0v) is 16.0. The number of carbonyl (C=O) groups excluding carboxylic acids is 1. The molecule has 0 saturated carbocycles. The van der Waals surface area contributed by atoms with E-state index in [9.17, 15) is 13.2 Å². The SMILES string of the molecule is O=C(Nc1ccc2c(c1)CCC2)N(Cc1ccccc1)C1CCS(=O)(=O)C1. The standard InChI is InChI=1S/C21H24N2O3S/c24-21(22-19-10-9-17-7-4-8-18(17)13-19)23(14-16-5-2-1-3-6-16)20-11-12-27(25,26)15-20/h1-3,5-6,9-10,13,20H,4,7-8,11-12,14-15H2,(H,22,24). The number of nitrogens with one attached hydrogen (secondary N) is 1. The lowest BCUT2D eigenvalue weighted by Crippen LogP contribution is -2.43. The quantitative estimate of drug-likeness (QED) is 0.879. The van der Waals surface area contributed by atoms with Gasteiger partial charge >= 0.3 is 6.03 Å². The van der Waals surface area contributed by atoms with Crippen LogP contribution in [0.5, 0.6) is 0 Å². The number of fused-ring (bicyclic) bond motifs is 1. The minimum absolute atomic E-state index is 0.0391. The number of sulfone groups is 1. The lowest BCUT2D eigenvalue weighted by atomic mass is 10.1. The van der Waals surface area contributed by atoms with Gasteiger partial charge in [0.25, 0.3) is 0 Å². The van der Waals surface area contributed by atoms with Gasteiger partial charge in [-0.15, -0.1) is 0 Å². The van der Waals surface area contributed by atoms with E-state index in [0.717, 1.165) is 30.5 Å². The highest BCUT2D eigenvalue weighted by molar-refractivity contribution is 7.91. The minimum Gasteiger partial charge on any atom is -0.316 e. The fourth-order valence-corrected chi connectivity index (χ4v) is 5.74. The predicted molar refractivity (Wildman–Crippen MR) is 107 cm³/mol. The summed E-state index contributed by atoms with van der Waals surface area (Å²) in [4.78, 5) is 14.7. The van der Waals surface area contributed by atoms with E-state index < -0.39 is 9.84 Å².